The Morgan fingerprint density at radius 3 is 2.57 bits per heavy atom. The van der Waals surface area contributed by atoms with Gasteiger partial charge in [0.25, 0.3) is 5.12 Å². The van der Waals surface area contributed by atoms with Crippen LogP contribution in [-0.2, 0) is 15.3 Å². The van der Waals surface area contributed by atoms with Crippen LogP contribution in [0.3, 0.4) is 0 Å². The van der Waals surface area contributed by atoms with Crippen LogP contribution in [0.4, 0.5) is 0 Å². The second-order valence-corrected chi connectivity index (χ2v) is 5.33. The number of hydrogen-bond acceptors (Lipinski definition) is 6. The number of carbonyl (C=O) groups excluding carboxylic acids is 1. The number of methoxy groups -OCH3 is 1. The molecule has 0 amide bonds. The van der Waals surface area contributed by atoms with Crippen molar-refractivity contribution in [3.05, 3.63) is 65.9 Å². The lowest BCUT2D eigenvalue weighted by Crippen LogP contribution is -2.05. The van der Waals surface area contributed by atoms with Gasteiger partial charge in [-0.1, -0.05) is 36.0 Å². The Morgan fingerprint density at radius 1 is 1.22 bits per heavy atom. The molecule has 7 heteroatoms. The smallest absolute Gasteiger partial charge is 0.339 e. The molecule has 1 N–H and O–H groups in total. The molecular formula is C16H14N2O4S. The summed E-state index contributed by atoms with van der Waals surface area (Å²) in [5, 5.41) is 9.03. The maximum Gasteiger partial charge on any atom is 0.339 e. The average molecular weight is 330 g/mol. The molecule has 23 heavy (non-hydrogen) atoms. The largest absolute Gasteiger partial charge is 0.503 e. The Labute approximate surface area is 137 Å². The second-order valence-electron chi connectivity index (χ2n) is 4.38. The van der Waals surface area contributed by atoms with Crippen molar-refractivity contribution in [3.63, 3.8) is 0 Å². The van der Waals surface area contributed by atoms with Crippen LogP contribution >= 0.6 is 11.8 Å². The van der Waals surface area contributed by atoms with Gasteiger partial charge in [-0.2, -0.15) is 0 Å². The SMILES string of the molecule is COC=C(C(=O)O)c1ccccc1CSC(=O)c1ncccn1. The first-order valence-corrected chi connectivity index (χ1v) is 7.60. The molecule has 0 fully saturated rings. The van der Waals surface area contributed by atoms with Crippen molar-refractivity contribution in [1.29, 1.82) is 0 Å². The van der Waals surface area contributed by atoms with Gasteiger partial charge in [0, 0.05) is 18.1 Å². The molecule has 0 aliphatic heterocycles. The Morgan fingerprint density at radius 2 is 1.91 bits per heavy atom. The summed E-state index contributed by atoms with van der Waals surface area (Å²) in [4.78, 5) is 31.2. The van der Waals surface area contributed by atoms with Gasteiger partial charge in [0.1, 0.15) is 5.57 Å². The second kappa shape index (κ2) is 8.09. The van der Waals surface area contributed by atoms with Crippen molar-refractivity contribution < 1.29 is 19.4 Å². The highest BCUT2D eigenvalue weighted by atomic mass is 32.2. The molecule has 0 atom stereocenters. The van der Waals surface area contributed by atoms with E-state index in [2.05, 4.69) is 9.97 Å². The molecule has 0 aliphatic carbocycles. The minimum absolute atomic E-state index is 0.0344. The van der Waals surface area contributed by atoms with E-state index >= 15 is 0 Å². The van der Waals surface area contributed by atoms with Crippen molar-refractivity contribution in [2.75, 3.05) is 7.11 Å². The van der Waals surface area contributed by atoms with Crippen molar-refractivity contribution in [2.24, 2.45) is 0 Å². The molecule has 0 aliphatic rings. The van der Waals surface area contributed by atoms with Gasteiger partial charge >= 0.3 is 5.97 Å². The number of thioether (sulfide) groups is 1. The van der Waals surface area contributed by atoms with Crippen LogP contribution < -0.4 is 0 Å². The lowest BCUT2D eigenvalue weighted by atomic mass is 10.0. The van der Waals surface area contributed by atoms with Crippen molar-refractivity contribution in [1.82, 2.24) is 9.97 Å². The molecule has 0 unspecified atom stereocenters. The number of nitrogens with zero attached hydrogens (tertiary/aromatic N) is 2. The summed E-state index contributed by atoms with van der Waals surface area (Å²) in [7, 11) is 1.39. The molecule has 2 aromatic rings. The number of benzene rings is 1. The molecule has 1 heterocycles. The van der Waals surface area contributed by atoms with E-state index in [1.165, 1.54) is 25.8 Å². The summed E-state index contributed by atoms with van der Waals surface area (Å²) in [6.45, 7) is 0. The monoisotopic (exact) mass is 330 g/mol. The lowest BCUT2D eigenvalue weighted by molar-refractivity contribution is -0.130. The van der Waals surface area contributed by atoms with Crippen LogP contribution in [0.25, 0.3) is 5.57 Å². The maximum atomic E-state index is 12.0. The van der Waals surface area contributed by atoms with Gasteiger partial charge in [-0.05, 0) is 17.2 Å². The van der Waals surface area contributed by atoms with E-state index in [1.54, 1.807) is 30.3 Å². The number of aliphatic carboxylic acids is 1. The molecule has 0 bridgehead atoms. The molecule has 0 spiro atoms. The molecule has 1 aromatic heterocycles. The molecular weight excluding hydrogens is 316 g/mol. The summed E-state index contributed by atoms with van der Waals surface area (Å²) < 4.78 is 4.83. The molecule has 118 valence electrons. The number of rotatable bonds is 6. The summed E-state index contributed by atoms with van der Waals surface area (Å²) in [6, 6.07) is 8.60. The molecule has 0 radical (unpaired) electrons. The molecule has 2 rings (SSSR count). The summed E-state index contributed by atoms with van der Waals surface area (Å²) in [5.74, 6) is -0.662. The predicted molar refractivity (Wildman–Crippen MR) is 86.7 cm³/mol. The van der Waals surface area contributed by atoms with Crippen LogP contribution in [0.1, 0.15) is 21.7 Å². The van der Waals surface area contributed by atoms with Gasteiger partial charge in [-0.3, -0.25) is 4.79 Å². The van der Waals surface area contributed by atoms with Gasteiger partial charge in [-0.15, -0.1) is 0 Å². The highest BCUT2D eigenvalue weighted by molar-refractivity contribution is 8.13. The highest BCUT2D eigenvalue weighted by Crippen LogP contribution is 2.25. The zero-order valence-corrected chi connectivity index (χ0v) is 13.1. The Kier molecular flexibility index (Phi) is 5.87. The van der Waals surface area contributed by atoms with Crippen LogP contribution in [0, 0.1) is 0 Å². The standard InChI is InChI=1S/C16H14N2O4S/c1-22-9-13(15(19)20)12-6-3-2-5-11(12)10-23-16(21)14-17-7-4-8-18-14/h2-9H,10H2,1H3,(H,19,20). The normalized spacial score (nSPS) is 11.1. The molecule has 1 aromatic carbocycles. The molecule has 0 saturated heterocycles. The number of aromatic nitrogens is 2. The summed E-state index contributed by atoms with van der Waals surface area (Å²) in [6.07, 6.45) is 4.17. The van der Waals surface area contributed by atoms with Crippen molar-refractivity contribution in [2.45, 2.75) is 5.75 Å². The lowest BCUT2D eigenvalue weighted by Gasteiger charge is -2.09. The third-order valence-electron chi connectivity index (χ3n) is 2.88. The minimum atomic E-state index is -1.10. The van der Waals surface area contributed by atoms with E-state index in [4.69, 9.17) is 4.74 Å². The molecule has 0 saturated carbocycles. The fourth-order valence-electron chi connectivity index (χ4n) is 1.87. The first-order valence-electron chi connectivity index (χ1n) is 6.62. The topological polar surface area (TPSA) is 89.4 Å². The third kappa shape index (κ3) is 4.40. The summed E-state index contributed by atoms with van der Waals surface area (Å²) >= 11 is 1.02. The van der Waals surface area contributed by atoms with Crippen LogP contribution in [0.2, 0.25) is 0 Å². The van der Waals surface area contributed by atoms with Crippen molar-refractivity contribution in [3.8, 4) is 0 Å². The zero-order chi connectivity index (χ0) is 16.7. The summed E-state index contributed by atoms with van der Waals surface area (Å²) in [5.41, 5.74) is 1.26. The quantitative estimate of drug-likeness (QED) is 0.643. The van der Waals surface area contributed by atoms with E-state index < -0.39 is 5.97 Å². The number of ether oxygens (including phenoxy) is 1. The van der Waals surface area contributed by atoms with Gasteiger partial charge < -0.3 is 9.84 Å². The van der Waals surface area contributed by atoms with E-state index in [9.17, 15) is 14.7 Å². The van der Waals surface area contributed by atoms with Gasteiger partial charge in [0.2, 0.25) is 5.82 Å². The number of carbonyl (C=O) groups is 2. The third-order valence-corrected chi connectivity index (χ3v) is 3.78. The van der Waals surface area contributed by atoms with Crippen LogP contribution in [0.5, 0.6) is 0 Å². The fraction of sp³-hybridized carbons (Fsp3) is 0.125. The van der Waals surface area contributed by atoms with Gasteiger partial charge in [0.05, 0.1) is 13.4 Å². The Balaban J connectivity index is 2.20. The maximum absolute atomic E-state index is 12.0. The number of carboxylic acids is 1. The number of carboxylic acid groups (broad SMARTS) is 1. The van der Waals surface area contributed by atoms with E-state index in [-0.39, 0.29) is 16.5 Å². The van der Waals surface area contributed by atoms with Gasteiger partial charge in [-0.25, -0.2) is 14.8 Å². The first kappa shape index (κ1) is 16.7. The van der Waals surface area contributed by atoms with E-state index in [1.807, 2.05) is 0 Å². The van der Waals surface area contributed by atoms with Gasteiger partial charge in [0.15, 0.2) is 0 Å². The van der Waals surface area contributed by atoms with E-state index in [0.29, 0.717) is 16.9 Å². The van der Waals surface area contributed by atoms with Crippen LogP contribution in [0.15, 0.2) is 49.0 Å². The Bertz CT molecular complexity index is 732. The minimum Gasteiger partial charge on any atom is -0.503 e. The van der Waals surface area contributed by atoms with E-state index in [0.717, 1.165) is 11.8 Å². The predicted octanol–water partition coefficient (Wildman–Crippen LogP) is 2.62. The average Bonchev–Trinajstić information content (AvgIpc) is 2.58. The van der Waals surface area contributed by atoms with Crippen molar-refractivity contribution >= 4 is 28.4 Å². The number of hydrogen-bond donors (Lipinski definition) is 1. The van der Waals surface area contributed by atoms with Crippen LogP contribution in [-0.4, -0.2) is 33.3 Å². The Hall–Kier alpha value is -2.67. The first-order chi connectivity index (χ1) is 11.1. The fourth-order valence-corrected chi connectivity index (χ4v) is 2.64. The zero-order valence-electron chi connectivity index (χ0n) is 12.3. The highest BCUT2D eigenvalue weighted by Gasteiger charge is 2.16. The molecule has 6 nitrogen and oxygen atoms in total.